The van der Waals surface area contributed by atoms with Crippen LogP contribution in [0, 0.1) is 6.92 Å². The molecule has 0 spiro atoms. The fourth-order valence-corrected chi connectivity index (χ4v) is 2.31. The molecule has 0 aromatic heterocycles. The number of hydrogen-bond acceptors (Lipinski definition) is 2. The van der Waals surface area contributed by atoms with Gasteiger partial charge in [0.25, 0.3) is 0 Å². The Kier molecular flexibility index (Phi) is 4.94. The molecule has 0 fully saturated rings. The van der Waals surface area contributed by atoms with E-state index in [0.717, 1.165) is 16.7 Å². The first-order valence-electron chi connectivity index (χ1n) is 6.40. The lowest BCUT2D eigenvalue weighted by atomic mass is 10.1. The van der Waals surface area contributed by atoms with E-state index < -0.39 is 0 Å². The Morgan fingerprint density at radius 3 is 2.48 bits per heavy atom. The molecule has 108 valence electrons. The maximum Gasteiger partial charge on any atom is 0.228 e. The Bertz CT molecular complexity index is 683. The molecule has 2 aromatic rings. The van der Waals surface area contributed by atoms with Gasteiger partial charge in [-0.15, -0.1) is 0 Å². The third kappa shape index (κ3) is 4.28. The molecule has 0 saturated heterocycles. The highest BCUT2D eigenvalue weighted by atomic mass is 35.5. The summed E-state index contributed by atoms with van der Waals surface area (Å²) in [6, 6.07) is 12.8. The van der Waals surface area contributed by atoms with Crippen molar-refractivity contribution in [1.82, 2.24) is 0 Å². The molecule has 3 nitrogen and oxygen atoms in total. The van der Waals surface area contributed by atoms with Crippen LogP contribution in [0.25, 0.3) is 0 Å². The van der Waals surface area contributed by atoms with Crippen molar-refractivity contribution < 1.29 is 4.79 Å². The zero-order valence-electron chi connectivity index (χ0n) is 11.5. The van der Waals surface area contributed by atoms with Crippen LogP contribution in [-0.2, 0) is 11.2 Å². The van der Waals surface area contributed by atoms with Crippen LogP contribution in [0.2, 0.25) is 5.02 Å². The summed E-state index contributed by atoms with van der Waals surface area (Å²) in [4.78, 5) is 12.4. The normalized spacial score (nSPS) is 10.2. The second-order valence-corrected chi connectivity index (χ2v) is 5.62. The zero-order chi connectivity index (χ0) is 15.4. The lowest BCUT2D eigenvalue weighted by molar-refractivity contribution is -0.115. The van der Waals surface area contributed by atoms with Crippen LogP contribution in [0.1, 0.15) is 16.7 Å². The van der Waals surface area contributed by atoms with Crippen molar-refractivity contribution in [2.45, 2.75) is 13.3 Å². The topological polar surface area (TPSA) is 55.1 Å². The summed E-state index contributed by atoms with van der Waals surface area (Å²) in [5.41, 5.74) is 8.87. The SMILES string of the molecule is Cc1ccc(NC(=O)Cc2ccc(C(N)=S)cc2)c(Cl)c1. The number of hydrogen-bond donors (Lipinski definition) is 2. The fraction of sp³-hybridized carbons (Fsp3) is 0.125. The summed E-state index contributed by atoms with van der Waals surface area (Å²) in [5.74, 6) is -0.121. The molecule has 0 unspecified atom stereocenters. The van der Waals surface area contributed by atoms with E-state index in [1.54, 1.807) is 6.07 Å². The number of carbonyl (C=O) groups excluding carboxylic acids is 1. The second-order valence-electron chi connectivity index (χ2n) is 4.77. The summed E-state index contributed by atoms with van der Waals surface area (Å²) in [6.45, 7) is 1.95. The van der Waals surface area contributed by atoms with Crippen molar-refractivity contribution in [1.29, 1.82) is 0 Å². The molecule has 0 heterocycles. The van der Waals surface area contributed by atoms with Gasteiger partial charge in [0.1, 0.15) is 4.99 Å². The van der Waals surface area contributed by atoms with Crippen molar-refractivity contribution in [3.05, 3.63) is 64.2 Å². The number of anilines is 1. The summed E-state index contributed by atoms with van der Waals surface area (Å²) in [6.07, 6.45) is 0.266. The van der Waals surface area contributed by atoms with Gasteiger partial charge in [0.05, 0.1) is 17.1 Å². The molecule has 21 heavy (non-hydrogen) atoms. The molecular weight excluding hydrogens is 304 g/mol. The van der Waals surface area contributed by atoms with Gasteiger partial charge in [-0.1, -0.05) is 54.2 Å². The Morgan fingerprint density at radius 2 is 1.90 bits per heavy atom. The Hall–Kier alpha value is -1.91. The zero-order valence-corrected chi connectivity index (χ0v) is 13.1. The first-order chi connectivity index (χ1) is 9.95. The smallest absolute Gasteiger partial charge is 0.228 e. The molecule has 0 saturated carbocycles. The molecule has 3 N–H and O–H groups in total. The molecule has 2 aromatic carbocycles. The highest BCUT2D eigenvalue weighted by Gasteiger charge is 2.07. The van der Waals surface area contributed by atoms with Crippen LogP contribution in [-0.4, -0.2) is 10.9 Å². The van der Waals surface area contributed by atoms with E-state index in [1.807, 2.05) is 43.3 Å². The van der Waals surface area contributed by atoms with Gasteiger partial charge in [0, 0.05) is 5.56 Å². The van der Waals surface area contributed by atoms with Crippen LogP contribution in [0.3, 0.4) is 0 Å². The number of nitrogens with two attached hydrogens (primary N) is 1. The van der Waals surface area contributed by atoms with E-state index in [2.05, 4.69) is 5.32 Å². The minimum Gasteiger partial charge on any atom is -0.389 e. The van der Waals surface area contributed by atoms with E-state index >= 15 is 0 Å². The minimum atomic E-state index is -0.121. The van der Waals surface area contributed by atoms with Crippen molar-refractivity contribution in [2.75, 3.05) is 5.32 Å². The average molecular weight is 319 g/mol. The van der Waals surface area contributed by atoms with Crippen LogP contribution < -0.4 is 11.1 Å². The molecule has 0 aliphatic rings. The van der Waals surface area contributed by atoms with E-state index in [1.165, 1.54) is 0 Å². The number of aryl methyl sites for hydroxylation is 1. The molecule has 0 aliphatic heterocycles. The fourth-order valence-electron chi connectivity index (χ4n) is 1.89. The van der Waals surface area contributed by atoms with Crippen molar-refractivity contribution in [3.8, 4) is 0 Å². The van der Waals surface area contributed by atoms with Crippen LogP contribution in [0.4, 0.5) is 5.69 Å². The molecule has 2 rings (SSSR count). The van der Waals surface area contributed by atoms with Crippen LogP contribution in [0.5, 0.6) is 0 Å². The highest BCUT2D eigenvalue weighted by molar-refractivity contribution is 7.80. The summed E-state index contributed by atoms with van der Waals surface area (Å²) in [5, 5.41) is 3.34. The van der Waals surface area contributed by atoms with E-state index in [-0.39, 0.29) is 12.3 Å². The lowest BCUT2D eigenvalue weighted by Gasteiger charge is -2.08. The van der Waals surface area contributed by atoms with Gasteiger partial charge in [-0.25, -0.2) is 0 Å². The van der Waals surface area contributed by atoms with E-state index in [9.17, 15) is 4.79 Å². The summed E-state index contributed by atoms with van der Waals surface area (Å²) >= 11 is 11.0. The molecule has 1 amide bonds. The monoisotopic (exact) mass is 318 g/mol. The maximum absolute atomic E-state index is 12.0. The van der Waals surface area contributed by atoms with E-state index in [4.69, 9.17) is 29.6 Å². The average Bonchev–Trinajstić information content (AvgIpc) is 2.42. The van der Waals surface area contributed by atoms with Crippen molar-refractivity contribution in [3.63, 3.8) is 0 Å². The predicted octanol–water partition coefficient (Wildman–Crippen LogP) is 3.46. The number of benzene rings is 2. The van der Waals surface area contributed by atoms with Gasteiger partial charge in [-0.3, -0.25) is 4.79 Å². The van der Waals surface area contributed by atoms with Crippen LogP contribution >= 0.6 is 23.8 Å². The Morgan fingerprint density at radius 1 is 1.24 bits per heavy atom. The molecule has 0 aliphatic carbocycles. The number of halogens is 1. The second kappa shape index (κ2) is 6.70. The summed E-state index contributed by atoms with van der Waals surface area (Å²) < 4.78 is 0. The number of amides is 1. The standard InChI is InChI=1S/C16H15ClN2OS/c1-10-2-7-14(13(17)8-10)19-15(20)9-11-3-5-12(6-4-11)16(18)21/h2-8H,9H2,1H3,(H2,18,21)(H,19,20). The molecule has 5 heteroatoms. The quantitative estimate of drug-likeness (QED) is 0.849. The van der Waals surface area contributed by atoms with Gasteiger partial charge >= 0.3 is 0 Å². The molecule has 0 atom stereocenters. The van der Waals surface area contributed by atoms with Crippen molar-refractivity contribution in [2.24, 2.45) is 5.73 Å². The third-order valence-corrected chi connectivity index (χ3v) is 3.55. The number of thiocarbonyl (C=S) groups is 1. The van der Waals surface area contributed by atoms with Crippen LogP contribution in [0.15, 0.2) is 42.5 Å². The van der Waals surface area contributed by atoms with Crippen molar-refractivity contribution >= 4 is 40.4 Å². The number of nitrogens with one attached hydrogen (secondary N) is 1. The van der Waals surface area contributed by atoms with E-state index in [0.29, 0.717) is 15.7 Å². The maximum atomic E-state index is 12.0. The van der Waals surface area contributed by atoms with Gasteiger partial charge in [-0.05, 0) is 30.2 Å². The Balaban J connectivity index is 2.02. The lowest BCUT2D eigenvalue weighted by Crippen LogP contribution is -2.15. The third-order valence-electron chi connectivity index (χ3n) is 3.00. The number of carbonyl (C=O) groups is 1. The number of rotatable bonds is 4. The summed E-state index contributed by atoms with van der Waals surface area (Å²) in [7, 11) is 0. The highest BCUT2D eigenvalue weighted by Crippen LogP contribution is 2.22. The predicted molar refractivity (Wildman–Crippen MR) is 90.9 cm³/mol. The first kappa shape index (κ1) is 15.5. The Labute approximate surface area is 134 Å². The van der Waals surface area contributed by atoms with Gasteiger partial charge in [0.15, 0.2) is 0 Å². The first-order valence-corrected chi connectivity index (χ1v) is 7.19. The van der Waals surface area contributed by atoms with Gasteiger partial charge in [0.2, 0.25) is 5.91 Å². The molecule has 0 radical (unpaired) electrons. The van der Waals surface area contributed by atoms with Gasteiger partial charge < -0.3 is 11.1 Å². The largest absolute Gasteiger partial charge is 0.389 e. The minimum absolute atomic E-state index is 0.121. The molecular formula is C16H15ClN2OS. The molecule has 0 bridgehead atoms. The van der Waals surface area contributed by atoms with Gasteiger partial charge in [-0.2, -0.15) is 0 Å².